The zero-order valence-corrected chi connectivity index (χ0v) is 10.6. The molecule has 0 bridgehead atoms. The van der Waals surface area contributed by atoms with Crippen molar-refractivity contribution in [1.82, 2.24) is 9.78 Å². The predicted octanol–water partition coefficient (Wildman–Crippen LogP) is 0.199. The highest BCUT2D eigenvalue weighted by Gasteiger charge is 2.29. The van der Waals surface area contributed by atoms with E-state index in [4.69, 9.17) is 5.26 Å². The van der Waals surface area contributed by atoms with E-state index in [2.05, 4.69) is 16.5 Å². The van der Waals surface area contributed by atoms with Crippen LogP contribution in [0.1, 0.15) is 17.7 Å². The lowest BCUT2D eigenvalue weighted by Gasteiger charge is -2.12. The molecule has 1 aliphatic rings. The van der Waals surface area contributed by atoms with E-state index in [0.717, 1.165) is 0 Å². The molecule has 1 unspecified atom stereocenters. The van der Waals surface area contributed by atoms with Gasteiger partial charge < -0.3 is 5.32 Å². The van der Waals surface area contributed by atoms with E-state index < -0.39 is 9.84 Å². The minimum atomic E-state index is -2.92. The van der Waals surface area contributed by atoms with Crippen molar-refractivity contribution in [2.24, 2.45) is 7.05 Å². The lowest BCUT2D eigenvalue weighted by molar-refractivity contribution is 0.601. The second kappa shape index (κ2) is 4.04. The minimum absolute atomic E-state index is 0.123. The zero-order valence-electron chi connectivity index (χ0n) is 9.77. The zero-order chi connectivity index (χ0) is 12.6. The molecule has 0 spiro atoms. The molecule has 2 rings (SSSR count). The number of aryl methyl sites for hydroxylation is 2. The Hall–Kier alpha value is -1.55. The van der Waals surface area contributed by atoms with Gasteiger partial charge in [0.15, 0.2) is 9.84 Å². The van der Waals surface area contributed by atoms with Gasteiger partial charge in [0.05, 0.1) is 17.2 Å². The Morgan fingerprint density at radius 1 is 1.59 bits per heavy atom. The van der Waals surface area contributed by atoms with Crippen LogP contribution in [0.2, 0.25) is 0 Å². The molecule has 1 aliphatic heterocycles. The molecular weight excluding hydrogens is 240 g/mol. The number of nitriles is 1. The standard InChI is InChI=1S/C10H14N4O2S/c1-7-9(5-11)10(14(2)13-7)12-8-3-4-17(15,16)6-8/h8,12H,3-4,6H2,1-2H3. The molecule has 1 N–H and O–H groups in total. The summed E-state index contributed by atoms with van der Waals surface area (Å²) in [5.74, 6) is 0.943. The number of nitrogens with zero attached hydrogens (tertiary/aromatic N) is 3. The van der Waals surface area contributed by atoms with Gasteiger partial charge in [0.25, 0.3) is 0 Å². The Bertz CT molecular complexity index is 582. The molecule has 1 aromatic heterocycles. The van der Waals surface area contributed by atoms with E-state index in [1.807, 2.05) is 0 Å². The third-order valence-electron chi connectivity index (χ3n) is 2.91. The van der Waals surface area contributed by atoms with Crippen LogP contribution in [0.25, 0.3) is 0 Å². The van der Waals surface area contributed by atoms with Crippen molar-refractivity contribution in [2.45, 2.75) is 19.4 Å². The first-order valence-electron chi connectivity index (χ1n) is 5.33. The van der Waals surface area contributed by atoms with Gasteiger partial charge in [-0.25, -0.2) is 8.42 Å². The molecule has 1 aromatic rings. The van der Waals surface area contributed by atoms with E-state index in [9.17, 15) is 8.42 Å². The van der Waals surface area contributed by atoms with Crippen LogP contribution in [0, 0.1) is 18.3 Å². The summed E-state index contributed by atoms with van der Waals surface area (Å²) in [6.45, 7) is 1.76. The molecule has 0 saturated carbocycles. The summed E-state index contributed by atoms with van der Waals surface area (Å²) in [6.07, 6.45) is 0.581. The van der Waals surface area contributed by atoms with E-state index in [1.54, 1.807) is 18.7 Å². The van der Waals surface area contributed by atoms with Gasteiger partial charge in [0.2, 0.25) is 0 Å². The molecular formula is C10H14N4O2S. The molecule has 92 valence electrons. The van der Waals surface area contributed by atoms with Crippen LogP contribution in [0.15, 0.2) is 0 Å². The van der Waals surface area contributed by atoms with Gasteiger partial charge in [-0.3, -0.25) is 4.68 Å². The molecule has 17 heavy (non-hydrogen) atoms. The smallest absolute Gasteiger partial charge is 0.152 e. The molecule has 1 fully saturated rings. The Morgan fingerprint density at radius 3 is 2.82 bits per heavy atom. The number of nitrogens with one attached hydrogen (secondary N) is 1. The van der Waals surface area contributed by atoms with Gasteiger partial charge in [-0.1, -0.05) is 0 Å². The summed E-state index contributed by atoms with van der Waals surface area (Å²) in [4.78, 5) is 0. The molecule has 1 saturated heterocycles. The highest BCUT2D eigenvalue weighted by Crippen LogP contribution is 2.22. The van der Waals surface area contributed by atoms with E-state index in [0.29, 0.717) is 23.5 Å². The van der Waals surface area contributed by atoms with Crippen molar-refractivity contribution in [3.63, 3.8) is 0 Å². The van der Waals surface area contributed by atoms with Crippen molar-refractivity contribution in [3.8, 4) is 6.07 Å². The summed E-state index contributed by atoms with van der Waals surface area (Å²) >= 11 is 0. The number of hydrogen-bond acceptors (Lipinski definition) is 5. The Labute approximate surface area is 100 Å². The van der Waals surface area contributed by atoms with Gasteiger partial charge in [0.1, 0.15) is 17.5 Å². The summed E-state index contributed by atoms with van der Waals surface area (Å²) in [5, 5.41) is 16.3. The summed E-state index contributed by atoms with van der Waals surface area (Å²) < 4.78 is 24.3. The average Bonchev–Trinajstić information content (AvgIpc) is 2.69. The first-order valence-corrected chi connectivity index (χ1v) is 7.16. The molecule has 0 amide bonds. The molecule has 1 atom stereocenters. The Balaban J connectivity index is 2.23. The first kappa shape index (κ1) is 11.9. The van der Waals surface area contributed by atoms with Crippen molar-refractivity contribution in [2.75, 3.05) is 16.8 Å². The first-order chi connectivity index (χ1) is 7.93. The predicted molar refractivity (Wildman–Crippen MR) is 63.3 cm³/mol. The third kappa shape index (κ3) is 2.26. The molecule has 6 nitrogen and oxygen atoms in total. The molecule has 2 heterocycles. The number of sulfone groups is 1. The highest BCUT2D eigenvalue weighted by molar-refractivity contribution is 7.91. The maximum absolute atomic E-state index is 11.3. The summed E-state index contributed by atoms with van der Waals surface area (Å²) in [5.41, 5.74) is 1.13. The molecule has 0 radical (unpaired) electrons. The van der Waals surface area contributed by atoms with E-state index >= 15 is 0 Å². The molecule has 0 aliphatic carbocycles. The second-order valence-electron chi connectivity index (χ2n) is 4.29. The lowest BCUT2D eigenvalue weighted by Crippen LogP contribution is -2.22. The van der Waals surface area contributed by atoms with E-state index in [1.165, 1.54) is 0 Å². The fourth-order valence-electron chi connectivity index (χ4n) is 2.06. The van der Waals surface area contributed by atoms with Crippen molar-refractivity contribution >= 4 is 15.7 Å². The lowest BCUT2D eigenvalue weighted by atomic mass is 10.2. The Kier molecular flexibility index (Phi) is 2.83. The number of aromatic nitrogens is 2. The van der Waals surface area contributed by atoms with Gasteiger partial charge in [-0.05, 0) is 13.3 Å². The Morgan fingerprint density at radius 2 is 2.29 bits per heavy atom. The topological polar surface area (TPSA) is 87.8 Å². The largest absolute Gasteiger partial charge is 0.365 e. The van der Waals surface area contributed by atoms with Crippen LogP contribution in [0.5, 0.6) is 0 Å². The molecule has 7 heteroatoms. The van der Waals surface area contributed by atoms with Crippen LogP contribution < -0.4 is 5.32 Å². The fourth-order valence-corrected chi connectivity index (χ4v) is 3.73. The van der Waals surface area contributed by atoms with Gasteiger partial charge in [-0.2, -0.15) is 10.4 Å². The minimum Gasteiger partial charge on any atom is -0.365 e. The average molecular weight is 254 g/mol. The number of hydrogen-bond donors (Lipinski definition) is 1. The normalized spacial score (nSPS) is 22.3. The monoisotopic (exact) mass is 254 g/mol. The number of anilines is 1. The summed E-state index contributed by atoms with van der Waals surface area (Å²) in [6, 6.07) is 1.96. The van der Waals surface area contributed by atoms with Crippen molar-refractivity contribution in [1.29, 1.82) is 5.26 Å². The molecule has 0 aromatic carbocycles. The van der Waals surface area contributed by atoms with Crippen LogP contribution in [0.3, 0.4) is 0 Å². The SMILES string of the molecule is Cc1nn(C)c(NC2CCS(=O)(=O)C2)c1C#N. The van der Waals surface area contributed by atoms with Crippen molar-refractivity contribution in [3.05, 3.63) is 11.3 Å². The second-order valence-corrected chi connectivity index (χ2v) is 6.52. The van der Waals surface area contributed by atoms with Crippen LogP contribution in [-0.4, -0.2) is 35.7 Å². The maximum atomic E-state index is 11.3. The van der Waals surface area contributed by atoms with Gasteiger partial charge in [0, 0.05) is 13.1 Å². The van der Waals surface area contributed by atoms with Crippen LogP contribution in [0.4, 0.5) is 5.82 Å². The van der Waals surface area contributed by atoms with Crippen LogP contribution in [-0.2, 0) is 16.9 Å². The van der Waals surface area contributed by atoms with Crippen LogP contribution >= 0.6 is 0 Å². The summed E-state index contributed by atoms with van der Waals surface area (Å²) in [7, 11) is -1.18. The van der Waals surface area contributed by atoms with Gasteiger partial charge >= 0.3 is 0 Å². The maximum Gasteiger partial charge on any atom is 0.152 e. The van der Waals surface area contributed by atoms with Gasteiger partial charge in [-0.15, -0.1) is 0 Å². The fraction of sp³-hybridized carbons (Fsp3) is 0.600. The van der Waals surface area contributed by atoms with E-state index in [-0.39, 0.29) is 17.5 Å². The van der Waals surface area contributed by atoms with Crippen molar-refractivity contribution < 1.29 is 8.42 Å². The quantitative estimate of drug-likeness (QED) is 0.814. The number of rotatable bonds is 2. The third-order valence-corrected chi connectivity index (χ3v) is 4.68. The highest BCUT2D eigenvalue weighted by atomic mass is 32.2.